The predicted octanol–water partition coefficient (Wildman–Crippen LogP) is 2.73. The number of para-hydroxylation sites is 1. The number of piperazine rings is 1. The topological polar surface area (TPSA) is 28.2 Å². The van der Waals surface area contributed by atoms with Crippen LogP contribution < -0.4 is 5.32 Å². The molecular weight excluding hydrogens is 258 g/mol. The van der Waals surface area contributed by atoms with Gasteiger partial charge in [0.2, 0.25) is 0 Å². The summed E-state index contributed by atoms with van der Waals surface area (Å²) in [6.45, 7) is 6.62. The maximum absolute atomic E-state index is 4.65. The summed E-state index contributed by atoms with van der Waals surface area (Å²) in [6, 6.07) is 11.5. The van der Waals surface area contributed by atoms with Crippen LogP contribution in [0.1, 0.15) is 24.1 Å². The highest BCUT2D eigenvalue weighted by Gasteiger charge is 2.33. The largest absolute Gasteiger partial charge is 0.311 e. The van der Waals surface area contributed by atoms with Crippen molar-refractivity contribution in [1.29, 1.82) is 0 Å². The molecular formula is C18H23N3. The van der Waals surface area contributed by atoms with Gasteiger partial charge in [0.1, 0.15) is 0 Å². The molecule has 110 valence electrons. The molecule has 0 bridgehead atoms. The monoisotopic (exact) mass is 281 g/mol. The quantitative estimate of drug-likeness (QED) is 0.937. The fourth-order valence-corrected chi connectivity index (χ4v) is 3.57. The van der Waals surface area contributed by atoms with Crippen molar-refractivity contribution in [2.45, 2.75) is 32.4 Å². The van der Waals surface area contributed by atoms with E-state index in [0.717, 1.165) is 36.8 Å². The summed E-state index contributed by atoms with van der Waals surface area (Å²) in [7, 11) is 0. The van der Waals surface area contributed by atoms with E-state index in [4.69, 9.17) is 0 Å². The van der Waals surface area contributed by atoms with Gasteiger partial charge in [-0.05, 0) is 43.4 Å². The van der Waals surface area contributed by atoms with E-state index in [1.54, 1.807) is 0 Å². The maximum atomic E-state index is 4.65. The molecule has 0 radical (unpaired) electrons. The molecule has 1 N–H and O–H groups in total. The Kier molecular flexibility index (Phi) is 3.40. The van der Waals surface area contributed by atoms with E-state index in [0.29, 0.717) is 6.04 Å². The van der Waals surface area contributed by atoms with Gasteiger partial charge in [0.05, 0.1) is 5.52 Å². The number of aryl methyl sites for hydroxylation is 1. The van der Waals surface area contributed by atoms with Crippen molar-refractivity contribution in [2.75, 3.05) is 19.6 Å². The first-order valence-electron chi connectivity index (χ1n) is 8.10. The van der Waals surface area contributed by atoms with Crippen molar-refractivity contribution in [3.8, 4) is 0 Å². The molecule has 21 heavy (non-hydrogen) atoms. The van der Waals surface area contributed by atoms with Gasteiger partial charge in [-0.3, -0.25) is 9.88 Å². The lowest BCUT2D eigenvalue weighted by molar-refractivity contribution is 0.182. The van der Waals surface area contributed by atoms with Gasteiger partial charge in [-0.1, -0.05) is 18.2 Å². The van der Waals surface area contributed by atoms with E-state index in [1.165, 1.54) is 30.3 Å². The Morgan fingerprint density at radius 3 is 3.00 bits per heavy atom. The molecule has 1 unspecified atom stereocenters. The Morgan fingerprint density at radius 2 is 2.14 bits per heavy atom. The highest BCUT2D eigenvalue weighted by atomic mass is 15.2. The Bertz CT molecular complexity index is 648. The lowest BCUT2D eigenvalue weighted by atomic mass is 10.1. The number of hydrogen-bond acceptors (Lipinski definition) is 3. The van der Waals surface area contributed by atoms with Crippen LogP contribution >= 0.6 is 0 Å². The lowest BCUT2D eigenvalue weighted by Crippen LogP contribution is -2.51. The summed E-state index contributed by atoms with van der Waals surface area (Å²) in [5, 5.41) is 5.00. The zero-order chi connectivity index (χ0) is 14.2. The van der Waals surface area contributed by atoms with Crippen LogP contribution in [0.5, 0.6) is 0 Å². The number of hydrogen-bond donors (Lipinski definition) is 1. The van der Waals surface area contributed by atoms with Crippen LogP contribution in [0.15, 0.2) is 30.3 Å². The highest BCUT2D eigenvalue weighted by Crippen LogP contribution is 2.34. The van der Waals surface area contributed by atoms with Gasteiger partial charge >= 0.3 is 0 Å². The van der Waals surface area contributed by atoms with Crippen LogP contribution in [0.3, 0.4) is 0 Å². The first-order chi connectivity index (χ1) is 10.3. The molecule has 2 aromatic rings. The summed E-state index contributed by atoms with van der Waals surface area (Å²) >= 11 is 0. The standard InChI is InChI=1S/C18H23N3/c1-13-10-15(16-4-2-3-5-17(16)20-13)11-21-9-8-19-18(12-21)14-6-7-14/h2-5,10,14,18-19H,6-9,11-12H2,1H3. The Morgan fingerprint density at radius 1 is 1.29 bits per heavy atom. The fourth-order valence-electron chi connectivity index (χ4n) is 3.57. The Balaban J connectivity index is 1.58. The molecule has 1 aliphatic carbocycles. The zero-order valence-electron chi connectivity index (χ0n) is 12.7. The van der Waals surface area contributed by atoms with Crippen molar-refractivity contribution < 1.29 is 0 Å². The second-order valence-electron chi connectivity index (χ2n) is 6.57. The van der Waals surface area contributed by atoms with Crippen molar-refractivity contribution in [3.05, 3.63) is 41.6 Å². The third-order valence-corrected chi connectivity index (χ3v) is 4.80. The van der Waals surface area contributed by atoms with Crippen LogP contribution in [0, 0.1) is 12.8 Å². The average molecular weight is 281 g/mol. The number of fused-ring (bicyclic) bond motifs is 1. The summed E-state index contributed by atoms with van der Waals surface area (Å²) in [5.41, 5.74) is 3.67. The van der Waals surface area contributed by atoms with Crippen molar-refractivity contribution in [3.63, 3.8) is 0 Å². The van der Waals surface area contributed by atoms with E-state index in [-0.39, 0.29) is 0 Å². The predicted molar refractivity (Wildman–Crippen MR) is 86.3 cm³/mol. The fraction of sp³-hybridized carbons (Fsp3) is 0.500. The molecule has 2 heterocycles. The van der Waals surface area contributed by atoms with Gasteiger partial charge in [-0.2, -0.15) is 0 Å². The molecule has 4 rings (SSSR count). The van der Waals surface area contributed by atoms with Gasteiger partial charge in [0.15, 0.2) is 0 Å². The highest BCUT2D eigenvalue weighted by molar-refractivity contribution is 5.82. The minimum absolute atomic E-state index is 0.716. The number of aromatic nitrogens is 1. The maximum Gasteiger partial charge on any atom is 0.0708 e. The first-order valence-corrected chi connectivity index (χ1v) is 8.10. The van der Waals surface area contributed by atoms with E-state index in [9.17, 15) is 0 Å². The minimum atomic E-state index is 0.716. The van der Waals surface area contributed by atoms with Crippen molar-refractivity contribution in [1.82, 2.24) is 15.2 Å². The molecule has 0 amide bonds. The molecule has 1 atom stereocenters. The molecule has 3 nitrogen and oxygen atoms in total. The van der Waals surface area contributed by atoms with Crippen molar-refractivity contribution in [2.24, 2.45) is 5.92 Å². The molecule has 1 saturated heterocycles. The lowest BCUT2D eigenvalue weighted by Gasteiger charge is -2.34. The van der Waals surface area contributed by atoms with Gasteiger partial charge in [-0.15, -0.1) is 0 Å². The van der Waals surface area contributed by atoms with Gasteiger partial charge in [0.25, 0.3) is 0 Å². The van der Waals surface area contributed by atoms with Crippen molar-refractivity contribution >= 4 is 10.9 Å². The van der Waals surface area contributed by atoms with E-state index < -0.39 is 0 Å². The van der Waals surface area contributed by atoms with Gasteiger partial charge in [0, 0.05) is 43.3 Å². The zero-order valence-corrected chi connectivity index (χ0v) is 12.7. The molecule has 1 aromatic carbocycles. The molecule has 1 aromatic heterocycles. The molecule has 3 heteroatoms. The van der Waals surface area contributed by atoms with E-state index >= 15 is 0 Å². The molecule has 2 aliphatic rings. The number of pyridine rings is 1. The Hall–Kier alpha value is -1.45. The number of benzene rings is 1. The number of nitrogens with one attached hydrogen (secondary N) is 1. The normalized spacial score (nSPS) is 23.6. The van der Waals surface area contributed by atoms with Crippen LogP contribution in [0.4, 0.5) is 0 Å². The van der Waals surface area contributed by atoms with Crippen LogP contribution in [0.25, 0.3) is 10.9 Å². The summed E-state index contributed by atoms with van der Waals surface area (Å²) in [4.78, 5) is 7.26. The average Bonchev–Trinajstić information content (AvgIpc) is 3.32. The summed E-state index contributed by atoms with van der Waals surface area (Å²) in [5.74, 6) is 0.934. The van der Waals surface area contributed by atoms with Crippen LogP contribution in [-0.2, 0) is 6.54 Å². The van der Waals surface area contributed by atoms with Gasteiger partial charge < -0.3 is 5.32 Å². The third kappa shape index (κ3) is 2.81. The minimum Gasteiger partial charge on any atom is -0.311 e. The third-order valence-electron chi connectivity index (χ3n) is 4.80. The summed E-state index contributed by atoms with van der Waals surface area (Å²) in [6.07, 6.45) is 2.84. The van der Waals surface area contributed by atoms with Crippen LogP contribution in [-0.4, -0.2) is 35.6 Å². The first kappa shape index (κ1) is 13.2. The van der Waals surface area contributed by atoms with E-state index in [2.05, 4.69) is 52.5 Å². The second-order valence-corrected chi connectivity index (χ2v) is 6.57. The molecule has 2 fully saturated rings. The molecule has 1 aliphatic heterocycles. The SMILES string of the molecule is Cc1cc(CN2CCNC(C3CC3)C2)c2ccccc2n1. The van der Waals surface area contributed by atoms with Crippen LogP contribution in [0.2, 0.25) is 0 Å². The van der Waals surface area contributed by atoms with Gasteiger partial charge in [-0.25, -0.2) is 0 Å². The second kappa shape index (κ2) is 5.39. The Labute approximate surface area is 126 Å². The number of nitrogens with zero attached hydrogens (tertiary/aromatic N) is 2. The molecule has 0 spiro atoms. The summed E-state index contributed by atoms with van der Waals surface area (Å²) < 4.78 is 0. The number of rotatable bonds is 3. The smallest absolute Gasteiger partial charge is 0.0708 e. The van der Waals surface area contributed by atoms with E-state index in [1.807, 2.05) is 0 Å². The molecule has 1 saturated carbocycles.